The van der Waals surface area contributed by atoms with Gasteiger partial charge in [-0.25, -0.2) is 0 Å². The molecule has 2 fully saturated rings. The molecule has 0 bridgehead atoms. The van der Waals surface area contributed by atoms with Crippen molar-refractivity contribution in [3.8, 4) is 0 Å². The molecule has 0 saturated carbocycles. The van der Waals surface area contributed by atoms with E-state index in [9.17, 15) is 4.79 Å². The molecule has 0 aromatic rings. The van der Waals surface area contributed by atoms with E-state index in [-0.39, 0.29) is 17.9 Å². The maximum absolute atomic E-state index is 11.6. The van der Waals surface area contributed by atoms with Gasteiger partial charge in [-0.3, -0.25) is 14.6 Å². The molecule has 18 heavy (non-hydrogen) atoms. The fourth-order valence-corrected chi connectivity index (χ4v) is 3.25. The monoisotopic (exact) mass is 254 g/mol. The highest BCUT2D eigenvalue weighted by Gasteiger charge is 2.34. The van der Waals surface area contributed by atoms with Crippen LogP contribution in [-0.2, 0) is 9.53 Å². The summed E-state index contributed by atoms with van der Waals surface area (Å²) in [4.78, 5) is 16.7. The molecular weight excluding hydrogens is 228 g/mol. The summed E-state index contributed by atoms with van der Waals surface area (Å²) in [5.41, 5.74) is 0. The van der Waals surface area contributed by atoms with Crippen molar-refractivity contribution in [2.75, 3.05) is 33.3 Å². The van der Waals surface area contributed by atoms with Crippen LogP contribution in [0, 0.1) is 5.92 Å². The van der Waals surface area contributed by atoms with Gasteiger partial charge in [0.2, 0.25) is 0 Å². The van der Waals surface area contributed by atoms with Crippen LogP contribution in [-0.4, -0.2) is 61.1 Å². The molecule has 104 valence electrons. The van der Waals surface area contributed by atoms with Gasteiger partial charge in [0.25, 0.3) is 0 Å². The molecule has 0 amide bonds. The van der Waals surface area contributed by atoms with Crippen molar-refractivity contribution < 1.29 is 9.53 Å². The van der Waals surface area contributed by atoms with Crippen LogP contribution >= 0.6 is 0 Å². The first-order chi connectivity index (χ1) is 8.63. The van der Waals surface area contributed by atoms with Gasteiger partial charge >= 0.3 is 5.97 Å². The predicted octanol–water partition coefficient (Wildman–Crippen LogP) is 1.35. The molecule has 2 aliphatic rings. The van der Waals surface area contributed by atoms with Gasteiger partial charge in [-0.05, 0) is 26.3 Å². The maximum atomic E-state index is 11.6. The van der Waals surface area contributed by atoms with Crippen molar-refractivity contribution >= 4 is 5.97 Å². The van der Waals surface area contributed by atoms with Crippen molar-refractivity contribution in [3.05, 3.63) is 0 Å². The summed E-state index contributed by atoms with van der Waals surface area (Å²) in [6.07, 6.45) is 4.02. The van der Waals surface area contributed by atoms with Crippen LogP contribution in [0.1, 0.15) is 33.1 Å². The van der Waals surface area contributed by atoms with Gasteiger partial charge in [-0.2, -0.15) is 0 Å². The maximum Gasteiger partial charge on any atom is 0.309 e. The Morgan fingerprint density at radius 1 is 1.22 bits per heavy atom. The molecule has 2 heterocycles. The third-order valence-corrected chi connectivity index (χ3v) is 4.74. The molecule has 2 saturated heterocycles. The smallest absolute Gasteiger partial charge is 0.309 e. The van der Waals surface area contributed by atoms with Crippen LogP contribution in [0.4, 0.5) is 0 Å². The Morgan fingerprint density at radius 3 is 2.72 bits per heavy atom. The Hall–Kier alpha value is -0.610. The van der Waals surface area contributed by atoms with Crippen molar-refractivity contribution in [2.24, 2.45) is 5.92 Å². The van der Waals surface area contributed by atoms with E-state index in [2.05, 4.69) is 16.7 Å². The molecule has 3 atom stereocenters. The standard InChI is InChI=1S/C14H26N2O2/c1-11(14(17)18-3)12(2)16-9-8-15-7-5-4-6-13(15)10-16/h11-13H,4-10H2,1-3H3. The van der Waals surface area contributed by atoms with Gasteiger partial charge in [0.15, 0.2) is 0 Å². The third-order valence-electron chi connectivity index (χ3n) is 4.74. The van der Waals surface area contributed by atoms with Crippen molar-refractivity contribution in [2.45, 2.75) is 45.2 Å². The topological polar surface area (TPSA) is 32.8 Å². The van der Waals surface area contributed by atoms with E-state index < -0.39 is 0 Å². The number of ether oxygens (including phenoxy) is 1. The van der Waals surface area contributed by atoms with Crippen molar-refractivity contribution in [1.82, 2.24) is 9.80 Å². The molecule has 2 rings (SSSR count). The fraction of sp³-hybridized carbons (Fsp3) is 0.929. The normalized spacial score (nSPS) is 29.4. The summed E-state index contributed by atoms with van der Waals surface area (Å²) in [6, 6.07) is 0.987. The summed E-state index contributed by atoms with van der Waals surface area (Å²) in [5.74, 6) is -0.126. The Morgan fingerprint density at radius 2 is 2.00 bits per heavy atom. The van der Waals surface area contributed by atoms with Crippen molar-refractivity contribution in [1.29, 1.82) is 0 Å². The van der Waals surface area contributed by atoms with Gasteiger partial charge in [-0.1, -0.05) is 13.3 Å². The number of piperidine rings is 1. The molecule has 0 aromatic heterocycles. The Labute approximate surface area is 110 Å². The predicted molar refractivity (Wildman–Crippen MR) is 71.4 cm³/mol. The number of nitrogens with zero attached hydrogens (tertiary/aromatic N) is 2. The first-order valence-corrected chi connectivity index (χ1v) is 7.19. The summed E-state index contributed by atoms with van der Waals surface area (Å²) in [7, 11) is 1.48. The molecule has 3 unspecified atom stereocenters. The van der Waals surface area contributed by atoms with Crippen LogP contribution in [0.25, 0.3) is 0 Å². The Bertz CT molecular complexity index is 296. The lowest BCUT2D eigenvalue weighted by Gasteiger charge is -2.46. The van der Waals surface area contributed by atoms with Crippen LogP contribution in [0.2, 0.25) is 0 Å². The molecule has 2 aliphatic heterocycles. The lowest BCUT2D eigenvalue weighted by Crippen LogP contribution is -2.58. The highest BCUT2D eigenvalue weighted by atomic mass is 16.5. The zero-order valence-electron chi connectivity index (χ0n) is 11.9. The second kappa shape index (κ2) is 6.02. The minimum atomic E-state index is -0.0893. The van der Waals surface area contributed by atoms with E-state index in [1.54, 1.807) is 0 Å². The molecular formula is C14H26N2O2. The Kier molecular flexibility index (Phi) is 4.62. The lowest BCUT2D eigenvalue weighted by atomic mass is 9.96. The second-order valence-corrected chi connectivity index (χ2v) is 5.73. The molecule has 0 radical (unpaired) electrons. The zero-order chi connectivity index (χ0) is 13.1. The lowest BCUT2D eigenvalue weighted by molar-refractivity contribution is -0.147. The number of fused-ring (bicyclic) bond motifs is 1. The molecule has 0 spiro atoms. The van der Waals surface area contributed by atoms with Crippen molar-refractivity contribution in [3.63, 3.8) is 0 Å². The summed E-state index contributed by atoms with van der Waals surface area (Å²) >= 11 is 0. The molecule has 0 aromatic carbocycles. The third kappa shape index (κ3) is 2.86. The SMILES string of the molecule is COC(=O)C(C)C(C)N1CCN2CCCCC2C1. The first kappa shape index (κ1) is 13.8. The van der Waals surface area contributed by atoms with Crippen LogP contribution < -0.4 is 0 Å². The average Bonchev–Trinajstić information content (AvgIpc) is 2.44. The van der Waals surface area contributed by atoms with E-state index in [0.29, 0.717) is 6.04 Å². The van der Waals surface area contributed by atoms with E-state index in [0.717, 1.165) is 19.6 Å². The van der Waals surface area contributed by atoms with Gasteiger partial charge in [0.1, 0.15) is 0 Å². The Balaban J connectivity index is 1.91. The summed E-state index contributed by atoms with van der Waals surface area (Å²) < 4.78 is 4.85. The largest absolute Gasteiger partial charge is 0.469 e. The number of rotatable bonds is 3. The summed E-state index contributed by atoms with van der Waals surface area (Å²) in [6.45, 7) is 8.74. The highest BCUT2D eigenvalue weighted by Crippen LogP contribution is 2.24. The molecule has 4 nitrogen and oxygen atoms in total. The fourth-order valence-electron chi connectivity index (χ4n) is 3.25. The molecule has 4 heteroatoms. The second-order valence-electron chi connectivity index (χ2n) is 5.73. The molecule has 0 N–H and O–H groups in total. The number of piperazine rings is 1. The van der Waals surface area contributed by atoms with Gasteiger partial charge in [0, 0.05) is 31.7 Å². The van der Waals surface area contributed by atoms with E-state index in [1.807, 2.05) is 6.92 Å². The van der Waals surface area contributed by atoms with E-state index >= 15 is 0 Å². The number of carbonyl (C=O) groups excluding carboxylic acids is 1. The number of methoxy groups -OCH3 is 1. The minimum absolute atomic E-state index is 0.0369. The number of carbonyl (C=O) groups is 1. The van der Waals surface area contributed by atoms with Gasteiger partial charge < -0.3 is 4.74 Å². The van der Waals surface area contributed by atoms with E-state index in [4.69, 9.17) is 4.74 Å². The average molecular weight is 254 g/mol. The number of hydrogen-bond acceptors (Lipinski definition) is 4. The van der Waals surface area contributed by atoms with Gasteiger partial charge in [0.05, 0.1) is 13.0 Å². The number of hydrogen-bond donors (Lipinski definition) is 0. The zero-order valence-corrected chi connectivity index (χ0v) is 11.9. The van der Waals surface area contributed by atoms with Crippen LogP contribution in [0.3, 0.4) is 0 Å². The van der Waals surface area contributed by atoms with Crippen LogP contribution in [0.5, 0.6) is 0 Å². The quantitative estimate of drug-likeness (QED) is 0.712. The highest BCUT2D eigenvalue weighted by molar-refractivity contribution is 5.72. The number of esters is 1. The van der Waals surface area contributed by atoms with Gasteiger partial charge in [-0.15, -0.1) is 0 Å². The first-order valence-electron chi connectivity index (χ1n) is 7.19. The minimum Gasteiger partial charge on any atom is -0.469 e. The molecule has 0 aliphatic carbocycles. The van der Waals surface area contributed by atoms with E-state index in [1.165, 1.54) is 32.9 Å². The summed E-state index contributed by atoms with van der Waals surface area (Å²) in [5, 5.41) is 0. The van der Waals surface area contributed by atoms with Crippen LogP contribution in [0.15, 0.2) is 0 Å².